The predicted molar refractivity (Wildman–Crippen MR) is 90.1 cm³/mol. The molecule has 120 valence electrons. The van der Waals surface area contributed by atoms with Gasteiger partial charge in [0.1, 0.15) is 0 Å². The molecule has 1 unspecified atom stereocenters. The third kappa shape index (κ3) is 4.24. The van der Waals surface area contributed by atoms with E-state index in [1.807, 2.05) is 6.92 Å². The summed E-state index contributed by atoms with van der Waals surface area (Å²) < 4.78 is 4.62. The highest BCUT2D eigenvalue weighted by molar-refractivity contribution is 6.42. The number of ether oxygens (including phenoxy) is 1. The summed E-state index contributed by atoms with van der Waals surface area (Å²) >= 11 is 11.9. The molecule has 0 aromatic heterocycles. The molecule has 0 aliphatic rings. The molecule has 0 saturated heterocycles. The Labute approximate surface area is 144 Å². The lowest BCUT2D eigenvalue weighted by Gasteiger charge is -2.15. The summed E-state index contributed by atoms with van der Waals surface area (Å²) in [5.74, 6) is -0.693. The maximum Gasteiger partial charge on any atom is 0.337 e. The predicted octanol–water partition coefficient (Wildman–Crippen LogP) is 4.27. The standard InChI is InChI=1S/C17H15Cl2NO3/c1-10(13-7-8-14(18)15(19)9-13)20-16(21)11-3-5-12(6-4-11)17(22)23-2/h3-10H,1-2H3,(H,20,21). The third-order valence-electron chi connectivity index (χ3n) is 3.36. The van der Waals surface area contributed by atoms with Crippen LogP contribution < -0.4 is 5.32 Å². The Morgan fingerprint density at radius 1 is 1.00 bits per heavy atom. The fourth-order valence-electron chi connectivity index (χ4n) is 2.02. The van der Waals surface area contributed by atoms with Crippen LogP contribution >= 0.6 is 23.2 Å². The molecule has 0 heterocycles. The van der Waals surface area contributed by atoms with E-state index in [0.717, 1.165) is 5.56 Å². The molecular weight excluding hydrogens is 337 g/mol. The van der Waals surface area contributed by atoms with Crippen molar-refractivity contribution in [2.45, 2.75) is 13.0 Å². The molecule has 1 amide bonds. The lowest BCUT2D eigenvalue weighted by molar-refractivity contribution is 0.0600. The number of amides is 1. The molecule has 0 spiro atoms. The summed E-state index contributed by atoms with van der Waals surface area (Å²) in [5, 5.41) is 3.77. The van der Waals surface area contributed by atoms with Crippen molar-refractivity contribution in [2.24, 2.45) is 0 Å². The zero-order valence-corrected chi connectivity index (χ0v) is 14.1. The van der Waals surface area contributed by atoms with Crippen LogP contribution in [0.2, 0.25) is 10.0 Å². The minimum Gasteiger partial charge on any atom is -0.465 e. The number of halogens is 2. The quantitative estimate of drug-likeness (QED) is 0.836. The molecule has 0 fully saturated rings. The van der Waals surface area contributed by atoms with Gasteiger partial charge in [0, 0.05) is 5.56 Å². The Kier molecular flexibility index (Phi) is 5.64. The average Bonchev–Trinajstić information content (AvgIpc) is 2.56. The van der Waals surface area contributed by atoms with E-state index >= 15 is 0 Å². The molecular formula is C17H15Cl2NO3. The first-order chi connectivity index (χ1) is 10.9. The Morgan fingerprint density at radius 3 is 2.17 bits per heavy atom. The van der Waals surface area contributed by atoms with Gasteiger partial charge in [-0.1, -0.05) is 29.3 Å². The monoisotopic (exact) mass is 351 g/mol. The van der Waals surface area contributed by atoms with Gasteiger partial charge in [-0.2, -0.15) is 0 Å². The molecule has 1 atom stereocenters. The van der Waals surface area contributed by atoms with Crippen LogP contribution in [0.25, 0.3) is 0 Å². The van der Waals surface area contributed by atoms with Gasteiger partial charge in [-0.3, -0.25) is 4.79 Å². The Bertz CT molecular complexity index is 729. The van der Waals surface area contributed by atoms with E-state index in [9.17, 15) is 9.59 Å². The zero-order valence-electron chi connectivity index (χ0n) is 12.6. The maximum absolute atomic E-state index is 12.2. The van der Waals surface area contributed by atoms with E-state index in [4.69, 9.17) is 23.2 Å². The molecule has 1 N–H and O–H groups in total. The first-order valence-corrected chi connectivity index (χ1v) is 7.62. The maximum atomic E-state index is 12.2. The van der Waals surface area contributed by atoms with Crippen LogP contribution in [-0.4, -0.2) is 19.0 Å². The normalized spacial score (nSPS) is 11.7. The third-order valence-corrected chi connectivity index (χ3v) is 4.10. The van der Waals surface area contributed by atoms with E-state index < -0.39 is 5.97 Å². The molecule has 0 saturated carbocycles. The second-order valence-corrected chi connectivity index (χ2v) is 5.75. The summed E-state index contributed by atoms with van der Waals surface area (Å²) in [4.78, 5) is 23.6. The van der Waals surface area contributed by atoms with Crippen molar-refractivity contribution in [3.63, 3.8) is 0 Å². The summed E-state index contributed by atoms with van der Waals surface area (Å²) in [6, 6.07) is 11.2. The van der Waals surface area contributed by atoms with Gasteiger partial charge in [0.2, 0.25) is 0 Å². The summed E-state index contributed by atoms with van der Waals surface area (Å²) in [7, 11) is 1.31. The second kappa shape index (κ2) is 7.49. The lowest BCUT2D eigenvalue weighted by atomic mass is 10.1. The molecule has 0 radical (unpaired) electrons. The van der Waals surface area contributed by atoms with Crippen LogP contribution in [0.4, 0.5) is 0 Å². The first-order valence-electron chi connectivity index (χ1n) is 6.86. The molecule has 2 aromatic carbocycles. The molecule has 23 heavy (non-hydrogen) atoms. The van der Waals surface area contributed by atoms with Gasteiger partial charge < -0.3 is 10.1 Å². The summed E-state index contributed by atoms with van der Waals surface area (Å²) in [5.41, 5.74) is 1.69. The topological polar surface area (TPSA) is 55.4 Å². The number of esters is 1. The van der Waals surface area contributed by atoms with Gasteiger partial charge in [-0.15, -0.1) is 0 Å². The van der Waals surface area contributed by atoms with Crippen molar-refractivity contribution < 1.29 is 14.3 Å². The van der Waals surface area contributed by atoms with Crippen LogP contribution in [0.15, 0.2) is 42.5 Å². The van der Waals surface area contributed by atoms with Crippen molar-refractivity contribution in [1.29, 1.82) is 0 Å². The second-order valence-electron chi connectivity index (χ2n) is 4.94. The number of nitrogens with one attached hydrogen (secondary N) is 1. The van der Waals surface area contributed by atoms with Crippen molar-refractivity contribution in [3.8, 4) is 0 Å². The highest BCUT2D eigenvalue weighted by atomic mass is 35.5. The van der Waals surface area contributed by atoms with Gasteiger partial charge in [-0.05, 0) is 48.9 Å². The van der Waals surface area contributed by atoms with Gasteiger partial charge in [-0.25, -0.2) is 4.79 Å². The van der Waals surface area contributed by atoms with Crippen molar-refractivity contribution in [1.82, 2.24) is 5.32 Å². The number of methoxy groups -OCH3 is 1. The van der Waals surface area contributed by atoms with E-state index in [0.29, 0.717) is 21.2 Å². The van der Waals surface area contributed by atoms with Gasteiger partial charge in [0.05, 0.1) is 28.8 Å². The Hall–Kier alpha value is -2.04. The number of rotatable bonds is 4. The molecule has 2 rings (SSSR count). The highest BCUT2D eigenvalue weighted by Gasteiger charge is 2.13. The van der Waals surface area contributed by atoms with Crippen LogP contribution in [-0.2, 0) is 4.74 Å². The molecule has 2 aromatic rings. The average molecular weight is 352 g/mol. The SMILES string of the molecule is COC(=O)c1ccc(C(=O)NC(C)c2ccc(Cl)c(Cl)c2)cc1. The van der Waals surface area contributed by atoms with Crippen LogP contribution in [0.3, 0.4) is 0 Å². The number of carbonyl (C=O) groups excluding carboxylic acids is 2. The molecule has 0 aliphatic heterocycles. The zero-order chi connectivity index (χ0) is 17.0. The van der Waals surface area contributed by atoms with E-state index in [2.05, 4.69) is 10.1 Å². The minimum atomic E-state index is -0.443. The number of carbonyl (C=O) groups is 2. The smallest absolute Gasteiger partial charge is 0.337 e. The number of benzene rings is 2. The van der Waals surface area contributed by atoms with Gasteiger partial charge >= 0.3 is 5.97 Å². The molecule has 0 aliphatic carbocycles. The summed E-state index contributed by atoms with van der Waals surface area (Å²) in [6.07, 6.45) is 0. The van der Waals surface area contributed by atoms with Crippen molar-refractivity contribution >= 4 is 35.1 Å². The first kappa shape index (κ1) is 17.3. The van der Waals surface area contributed by atoms with E-state index in [1.165, 1.54) is 7.11 Å². The fourth-order valence-corrected chi connectivity index (χ4v) is 2.33. The Balaban J connectivity index is 2.08. The van der Waals surface area contributed by atoms with Crippen LogP contribution in [0, 0.1) is 0 Å². The summed E-state index contributed by atoms with van der Waals surface area (Å²) in [6.45, 7) is 1.85. The largest absolute Gasteiger partial charge is 0.465 e. The number of hydrogen-bond acceptors (Lipinski definition) is 3. The van der Waals surface area contributed by atoms with Gasteiger partial charge in [0.25, 0.3) is 5.91 Å². The molecule has 0 bridgehead atoms. The van der Waals surface area contributed by atoms with E-state index in [1.54, 1.807) is 42.5 Å². The van der Waals surface area contributed by atoms with Crippen LogP contribution in [0.1, 0.15) is 39.2 Å². The molecule has 6 heteroatoms. The molecule has 4 nitrogen and oxygen atoms in total. The van der Waals surface area contributed by atoms with Crippen molar-refractivity contribution in [3.05, 3.63) is 69.2 Å². The van der Waals surface area contributed by atoms with E-state index in [-0.39, 0.29) is 11.9 Å². The van der Waals surface area contributed by atoms with Gasteiger partial charge in [0.15, 0.2) is 0 Å². The Morgan fingerprint density at radius 2 is 1.61 bits per heavy atom. The minimum absolute atomic E-state index is 0.238. The van der Waals surface area contributed by atoms with Crippen LogP contribution in [0.5, 0.6) is 0 Å². The highest BCUT2D eigenvalue weighted by Crippen LogP contribution is 2.25. The lowest BCUT2D eigenvalue weighted by Crippen LogP contribution is -2.26. The number of hydrogen-bond donors (Lipinski definition) is 1. The van der Waals surface area contributed by atoms with Crippen molar-refractivity contribution in [2.75, 3.05) is 7.11 Å². The fraction of sp³-hybridized carbons (Fsp3) is 0.176.